The number of aromatic nitrogens is 2. The van der Waals surface area contributed by atoms with Crippen LogP contribution in [0.15, 0.2) is 51.8 Å². The highest BCUT2D eigenvalue weighted by Gasteiger charge is 2.31. The second kappa shape index (κ2) is 9.31. The average Bonchev–Trinajstić information content (AvgIpc) is 3.32. The lowest BCUT2D eigenvalue weighted by Crippen LogP contribution is -2.41. The van der Waals surface area contributed by atoms with Crippen molar-refractivity contribution in [2.24, 2.45) is 0 Å². The average molecular weight is 481 g/mol. The highest BCUT2D eigenvalue weighted by molar-refractivity contribution is 7.89. The SMILES string of the molecule is C[C@H]1CCCCN1S(=O)(=O)c1ccc(C(=O)Nc2nnc(-c3ccc4c(c3)CCCC4)o2)cc1. The van der Waals surface area contributed by atoms with Crippen molar-refractivity contribution in [1.29, 1.82) is 0 Å². The van der Waals surface area contributed by atoms with Crippen LogP contribution in [0.5, 0.6) is 0 Å². The molecule has 1 aromatic heterocycles. The van der Waals surface area contributed by atoms with Crippen molar-refractivity contribution in [2.75, 3.05) is 11.9 Å². The third-order valence-corrected chi connectivity index (χ3v) is 8.73. The first-order valence-electron chi connectivity index (χ1n) is 11.8. The van der Waals surface area contributed by atoms with E-state index in [2.05, 4.69) is 27.6 Å². The van der Waals surface area contributed by atoms with E-state index in [4.69, 9.17) is 4.42 Å². The standard InChI is InChI=1S/C25H28N4O4S/c1-17-6-4-5-15-29(17)34(31,32)22-13-11-19(12-14-22)23(30)26-25-28-27-24(33-25)21-10-9-18-7-2-3-8-20(18)16-21/h9-14,16-17H,2-8,15H2,1H3,(H,26,28,30)/t17-/m0/s1. The number of rotatable bonds is 5. The van der Waals surface area contributed by atoms with E-state index in [1.165, 1.54) is 48.2 Å². The van der Waals surface area contributed by atoms with Gasteiger partial charge in [-0.1, -0.05) is 17.6 Å². The number of sulfonamides is 1. The molecule has 0 radical (unpaired) electrons. The summed E-state index contributed by atoms with van der Waals surface area (Å²) in [5.41, 5.74) is 3.80. The van der Waals surface area contributed by atoms with Crippen molar-refractivity contribution >= 4 is 21.9 Å². The van der Waals surface area contributed by atoms with E-state index in [-0.39, 0.29) is 17.0 Å². The minimum atomic E-state index is -3.59. The zero-order valence-electron chi connectivity index (χ0n) is 19.2. The summed E-state index contributed by atoms with van der Waals surface area (Å²) in [5.74, 6) is -0.100. The number of benzene rings is 2. The molecule has 9 heteroatoms. The fourth-order valence-corrected chi connectivity index (χ4v) is 6.47. The van der Waals surface area contributed by atoms with Crippen LogP contribution in [0, 0.1) is 0 Å². The van der Waals surface area contributed by atoms with E-state index in [9.17, 15) is 13.2 Å². The first-order chi connectivity index (χ1) is 16.4. The summed E-state index contributed by atoms with van der Waals surface area (Å²) in [4.78, 5) is 12.9. The lowest BCUT2D eigenvalue weighted by molar-refractivity contribution is 0.102. The number of anilines is 1. The fraction of sp³-hybridized carbons (Fsp3) is 0.400. The van der Waals surface area contributed by atoms with Gasteiger partial charge >= 0.3 is 6.01 Å². The van der Waals surface area contributed by atoms with Gasteiger partial charge in [0.1, 0.15) is 0 Å². The van der Waals surface area contributed by atoms with E-state index in [1.54, 1.807) is 4.31 Å². The Labute approximate surface area is 199 Å². The predicted octanol–water partition coefficient (Wildman–Crippen LogP) is 4.43. The van der Waals surface area contributed by atoms with Crippen molar-refractivity contribution in [1.82, 2.24) is 14.5 Å². The van der Waals surface area contributed by atoms with Gasteiger partial charge in [-0.2, -0.15) is 4.31 Å². The van der Waals surface area contributed by atoms with Crippen LogP contribution in [0.25, 0.3) is 11.5 Å². The summed E-state index contributed by atoms with van der Waals surface area (Å²) in [6.07, 6.45) is 7.29. The molecule has 0 spiro atoms. The van der Waals surface area contributed by atoms with Gasteiger partial charge in [0.15, 0.2) is 0 Å². The third kappa shape index (κ3) is 4.50. The second-order valence-corrected chi connectivity index (χ2v) is 10.9. The van der Waals surface area contributed by atoms with Crippen LogP contribution in [-0.4, -0.2) is 41.4 Å². The van der Waals surface area contributed by atoms with Crippen molar-refractivity contribution in [2.45, 2.75) is 62.8 Å². The number of fused-ring (bicyclic) bond motifs is 1. The molecule has 1 aliphatic carbocycles. The van der Waals surface area contributed by atoms with Gasteiger partial charge < -0.3 is 4.42 Å². The molecule has 0 bridgehead atoms. The van der Waals surface area contributed by atoms with Crippen LogP contribution >= 0.6 is 0 Å². The van der Waals surface area contributed by atoms with Gasteiger partial charge in [0.05, 0.1) is 4.90 Å². The molecule has 1 fully saturated rings. The zero-order valence-corrected chi connectivity index (χ0v) is 20.0. The molecule has 1 aliphatic heterocycles. The van der Waals surface area contributed by atoms with Crippen LogP contribution in [-0.2, 0) is 22.9 Å². The van der Waals surface area contributed by atoms with Gasteiger partial charge in [-0.25, -0.2) is 8.42 Å². The maximum atomic E-state index is 13.0. The van der Waals surface area contributed by atoms with Gasteiger partial charge in [-0.15, -0.1) is 5.10 Å². The van der Waals surface area contributed by atoms with Crippen LogP contribution < -0.4 is 5.32 Å². The van der Waals surface area contributed by atoms with Crippen LogP contribution in [0.4, 0.5) is 6.01 Å². The summed E-state index contributed by atoms with van der Waals surface area (Å²) < 4.78 is 33.2. The summed E-state index contributed by atoms with van der Waals surface area (Å²) in [7, 11) is -3.59. The smallest absolute Gasteiger partial charge is 0.322 e. The number of hydrogen-bond donors (Lipinski definition) is 1. The van der Waals surface area contributed by atoms with Crippen molar-refractivity contribution in [3.63, 3.8) is 0 Å². The Balaban J connectivity index is 1.28. The highest BCUT2D eigenvalue weighted by atomic mass is 32.2. The molecular weight excluding hydrogens is 452 g/mol. The Morgan fingerprint density at radius 3 is 2.53 bits per heavy atom. The van der Waals surface area contributed by atoms with Crippen molar-refractivity contribution in [3.8, 4) is 11.5 Å². The largest absolute Gasteiger partial charge is 0.403 e. The topological polar surface area (TPSA) is 105 Å². The summed E-state index contributed by atoms with van der Waals surface area (Å²) in [6.45, 7) is 2.46. The van der Waals surface area contributed by atoms with E-state index < -0.39 is 15.9 Å². The number of carbonyl (C=O) groups excluding carboxylic acids is 1. The van der Waals surface area contributed by atoms with Gasteiger partial charge in [0, 0.05) is 23.7 Å². The Hall–Kier alpha value is -3.04. The van der Waals surface area contributed by atoms with Crippen molar-refractivity contribution < 1.29 is 17.6 Å². The number of amides is 1. The molecule has 1 amide bonds. The number of aryl methyl sites for hydroxylation is 2. The molecule has 0 saturated carbocycles. The van der Waals surface area contributed by atoms with E-state index in [0.29, 0.717) is 18.0 Å². The molecule has 2 aromatic carbocycles. The molecule has 1 N–H and O–H groups in total. The third-order valence-electron chi connectivity index (χ3n) is 6.71. The maximum Gasteiger partial charge on any atom is 0.322 e. The summed E-state index contributed by atoms with van der Waals surface area (Å²) >= 11 is 0. The van der Waals surface area contributed by atoms with Crippen LogP contribution in [0.1, 0.15) is 60.5 Å². The number of nitrogens with zero attached hydrogens (tertiary/aromatic N) is 3. The normalized spacial score (nSPS) is 18.9. The lowest BCUT2D eigenvalue weighted by atomic mass is 9.90. The first-order valence-corrected chi connectivity index (χ1v) is 13.2. The van der Waals surface area contributed by atoms with E-state index in [0.717, 1.165) is 37.7 Å². The number of nitrogens with one attached hydrogen (secondary N) is 1. The first kappa shape index (κ1) is 22.7. The number of piperidine rings is 1. The Morgan fingerprint density at radius 1 is 1.00 bits per heavy atom. The number of carbonyl (C=O) groups is 1. The molecule has 2 heterocycles. The molecule has 34 heavy (non-hydrogen) atoms. The second-order valence-electron chi connectivity index (χ2n) is 9.04. The Kier molecular flexibility index (Phi) is 6.22. The molecule has 8 nitrogen and oxygen atoms in total. The fourth-order valence-electron chi connectivity index (χ4n) is 4.77. The van der Waals surface area contributed by atoms with Crippen molar-refractivity contribution in [3.05, 3.63) is 59.2 Å². The van der Waals surface area contributed by atoms with E-state index in [1.807, 2.05) is 13.0 Å². The molecule has 0 unspecified atom stereocenters. The molecule has 3 aromatic rings. The Bertz CT molecular complexity index is 1300. The van der Waals surface area contributed by atoms with Crippen LogP contribution in [0.3, 0.4) is 0 Å². The molecule has 178 valence electrons. The predicted molar refractivity (Wildman–Crippen MR) is 128 cm³/mol. The highest BCUT2D eigenvalue weighted by Crippen LogP contribution is 2.28. The molecule has 2 aliphatic rings. The maximum absolute atomic E-state index is 13.0. The summed E-state index contributed by atoms with van der Waals surface area (Å²) in [6, 6.07) is 12.1. The van der Waals surface area contributed by atoms with Gasteiger partial charge in [0.2, 0.25) is 15.9 Å². The quantitative estimate of drug-likeness (QED) is 0.579. The number of hydrogen-bond acceptors (Lipinski definition) is 6. The van der Waals surface area contributed by atoms with Gasteiger partial charge in [-0.3, -0.25) is 10.1 Å². The van der Waals surface area contributed by atoms with Gasteiger partial charge in [0.25, 0.3) is 5.91 Å². The Morgan fingerprint density at radius 2 is 1.76 bits per heavy atom. The van der Waals surface area contributed by atoms with Crippen LogP contribution in [0.2, 0.25) is 0 Å². The van der Waals surface area contributed by atoms with Gasteiger partial charge in [-0.05, 0) is 93.0 Å². The summed E-state index contributed by atoms with van der Waals surface area (Å²) in [5, 5.41) is 10.6. The molecule has 1 saturated heterocycles. The minimum absolute atomic E-state index is 0.00318. The van der Waals surface area contributed by atoms with E-state index >= 15 is 0 Å². The minimum Gasteiger partial charge on any atom is -0.403 e. The molecule has 1 atom stereocenters. The molecular formula is C25H28N4O4S. The monoisotopic (exact) mass is 480 g/mol. The zero-order chi connectivity index (χ0) is 23.7. The molecule has 5 rings (SSSR count). The lowest BCUT2D eigenvalue weighted by Gasteiger charge is -2.32.